The molecule has 1 saturated carbocycles. The van der Waals surface area contributed by atoms with Crippen molar-refractivity contribution in [2.75, 3.05) is 11.9 Å². The van der Waals surface area contributed by atoms with E-state index in [9.17, 15) is 4.79 Å². The van der Waals surface area contributed by atoms with E-state index in [1.165, 1.54) is 0 Å². The lowest BCUT2D eigenvalue weighted by Crippen LogP contribution is -2.40. The molecule has 2 rings (SSSR count). The van der Waals surface area contributed by atoms with Crippen LogP contribution in [0.4, 0.5) is 5.69 Å². The van der Waals surface area contributed by atoms with Crippen LogP contribution in [-0.2, 0) is 4.79 Å². The summed E-state index contributed by atoms with van der Waals surface area (Å²) in [6.45, 7) is 2.45. The van der Waals surface area contributed by atoms with Gasteiger partial charge in [-0.3, -0.25) is 4.79 Å². The van der Waals surface area contributed by atoms with Crippen LogP contribution in [0.25, 0.3) is 0 Å². The molecule has 0 spiro atoms. The molecular formula is C15H21ClN2O2. The van der Waals surface area contributed by atoms with Crippen LogP contribution < -0.4 is 15.8 Å². The van der Waals surface area contributed by atoms with Gasteiger partial charge in [0.1, 0.15) is 5.75 Å². The minimum absolute atomic E-state index is 0.0605. The molecule has 0 radical (unpaired) electrons. The summed E-state index contributed by atoms with van der Waals surface area (Å²) in [6.07, 6.45) is 4.42. The number of hydrogen-bond donors (Lipinski definition) is 2. The van der Waals surface area contributed by atoms with E-state index in [4.69, 9.17) is 22.1 Å². The van der Waals surface area contributed by atoms with E-state index in [0.29, 0.717) is 29.5 Å². The van der Waals surface area contributed by atoms with Crippen molar-refractivity contribution in [1.82, 2.24) is 0 Å². The molecule has 0 aromatic heterocycles. The fourth-order valence-corrected chi connectivity index (χ4v) is 2.87. The van der Waals surface area contributed by atoms with Crippen molar-refractivity contribution < 1.29 is 9.53 Å². The maximum absolute atomic E-state index is 12.0. The average Bonchev–Trinajstić information content (AvgIpc) is 2.79. The standard InChI is InChI=1S/C15H21ClN2O2/c1-2-20-13-6-5-11(9-12(13)16)18-14(19)10-15(17)7-3-4-8-15/h5-6,9H,2-4,7-8,10,17H2,1H3,(H,18,19). The van der Waals surface area contributed by atoms with Crippen molar-refractivity contribution in [2.45, 2.75) is 44.6 Å². The summed E-state index contributed by atoms with van der Waals surface area (Å²) < 4.78 is 5.36. The van der Waals surface area contributed by atoms with Gasteiger partial charge in [0, 0.05) is 17.6 Å². The van der Waals surface area contributed by atoms with Gasteiger partial charge in [0.25, 0.3) is 0 Å². The Balaban J connectivity index is 1.95. The first-order valence-electron chi connectivity index (χ1n) is 7.03. The first-order valence-corrected chi connectivity index (χ1v) is 7.41. The lowest BCUT2D eigenvalue weighted by Gasteiger charge is -2.22. The number of hydrogen-bond acceptors (Lipinski definition) is 3. The maximum atomic E-state index is 12.0. The van der Waals surface area contributed by atoms with E-state index in [0.717, 1.165) is 25.7 Å². The van der Waals surface area contributed by atoms with Crippen LogP contribution in [0.2, 0.25) is 5.02 Å². The van der Waals surface area contributed by atoms with Crippen LogP contribution in [0.3, 0.4) is 0 Å². The van der Waals surface area contributed by atoms with Gasteiger partial charge in [-0.25, -0.2) is 0 Å². The minimum atomic E-state index is -0.334. The number of benzene rings is 1. The summed E-state index contributed by atoms with van der Waals surface area (Å²) in [5, 5.41) is 3.34. The molecule has 4 nitrogen and oxygen atoms in total. The zero-order chi connectivity index (χ0) is 14.6. The second-order valence-corrected chi connectivity index (χ2v) is 5.78. The summed E-state index contributed by atoms with van der Waals surface area (Å²) in [5.41, 5.74) is 6.54. The Bertz CT molecular complexity index is 485. The summed E-state index contributed by atoms with van der Waals surface area (Å²) in [6, 6.07) is 5.24. The molecule has 0 heterocycles. The highest BCUT2D eigenvalue weighted by Gasteiger charge is 2.31. The highest BCUT2D eigenvalue weighted by Crippen LogP contribution is 2.31. The molecule has 0 saturated heterocycles. The highest BCUT2D eigenvalue weighted by molar-refractivity contribution is 6.32. The molecule has 5 heteroatoms. The smallest absolute Gasteiger partial charge is 0.226 e. The summed E-state index contributed by atoms with van der Waals surface area (Å²) in [4.78, 5) is 12.0. The summed E-state index contributed by atoms with van der Waals surface area (Å²) in [7, 11) is 0. The largest absolute Gasteiger partial charge is 0.492 e. The molecule has 0 bridgehead atoms. The van der Waals surface area contributed by atoms with E-state index in [-0.39, 0.29) is 11.4 Å². The molecule has 1 amide bonds. The van der Waals surface area contributed by atoms with Gasteiger partial charge in [-0.15, -0.1) is 0 Å². The zero-order valence-electron chi connectivity index (χ0n) is 11.7. The van der Waals surface area contributed by atoms with Gasteiger partial charge in [-0.05, 0) is 38.0 Å². The van der Waals surface area contributed by atoms with Crippen molar-refractivity contribution in [3.8, 4) is 5.75 Å². The van der Waals surface area contributed by atoms with Crippen LogP contribution in [0.15, 0.2) is 18.2 Å². The molecule has 1 aromatic carbocycles. The number of carbonyl (C=O) groups excluding carboxylic acids is 1. The third-order valence-corrected chi connectivity index (χ3v) is 3.92. The highest BCUT2D eigenvalue weighted by atomic mass is 35.5. The van der Waals surface area contributed by atoms with Gasteiger partial charge in [0.15, 0.2) is 0 Å². The molecule has 3 N–H and O–H groups in total. The third kappa shape index (κ3) is 3.87. The monoisotopic (exact) mass is 296 g/mol. The quantitative estimate of drug-likeness (QED) is 0.876. The summed E-state index contributed by atoms with van der Waals surface area (Å²) in [5.74, 6) is 0.563. The molecule has 20 heavy (non-hydrogen) atoms. The minimum Gasteiger partial charge on any atom is -0.492 e. The Morgan fingerprint density at radius 2 is 2.15 bits per heavy atom. The lowest BCUT2D eigenvalue weighted by molar-refractivity contribution is -0.117. The molecular weight excluding hydrogens is 276 g/mol. The van der Waals surface area contributed by atoms with Crippen molar-refractivity contribution in [2.24, 2.45) is 5.73 Å². The van der Waals surface area contributed by atoms with Crippen LogP contribution >= 0.6 is 11.6 Å². The Morgan fingerprint density at radius 1 is 1.45 bits per heavy atom. The van der Waals surface area contributed by atoms with Crippen molar-refractivity contribution in [3.05, 3.63) is 23.2 Å². The second-order valence-electron chi connectivity index (χ2n) is 5.37. The number of nitrogens with one attached hydrogen (secondary N) is 1. The van der Waals surface area contributed by atoms with Crippen molar-refractivity contribution in [1.29, 1.82) is 0 Å². The van der Waals surface area contributed by atoms with Gasteiger partial charge in [-0.1, -0.05) is 24.4 Å². The fourth-order valence-electron chi connectivity index (χ4n) is 2.63. The molecule has 0 atom stereocenters. The number of ether oxygens (including phenoxy) is 1. The maximum Gasteiger partial charge on any atom is 0.226 e. The molecule has 1 fully saturated rings. The first kappa shape index (κ1) is 15.1. The average molecular weight is 297 g/mol. The SMILES string of the molecule is CCOc1ccc(NC(=O)CC2(N)CCCC2)cc1Cl. The van der Waals surface area contributed by atoms with Crippen LogP contribution in [0.1, 0.15) is 39.0 Å². The molecule has 1 aromatic rings. The Labute approximate surface area is 124 Å². The molecule has 1 aliphatic carbocycles. The number of anilines is 1. The molecule has 110 valence electrons. The zero-order valence-corrected chi connectivity index (χ0v) is 12.5. The second kappa shape index (κ2) is 6.46. The van der Waals surface area contributed by atoms with Gasteiger partial charge in [0.05, 0.1) is 11.6 Å². The molecule has 0 unspecified atom stereocenters. The predicted octanol–water partition coefficient (Wildman–Crippen LogP) is 3.34. The van der Waals surface area contributed by atoms with E-state index in [2.05, 4.69) is 5.32 Å². The van der Waals surface area contributed by atoms with Crippen molar-refractivity contribution in [3.63, 3.8) is 0 Å². The van der Waals surface area contributed by atoms with Gasteiger partial charge < -0.3 is 15.8 Å². The third-order valence-electron chi connectivity index (χ3n) is 3.63. The normalized spacial score (nSPS) is 16.9. The number of amides is 1. The van der Waals surface area contributed by atoms with Crippen LogP contribution in [0.5, 0.6) is 5.75 Å². The Hall–Kier alpha value is -1.26. The van der Waals surface area contributed by atoms with Crippen molar-refractivity contribution >= 4 is 23.2 Å². The fraction of sp³-hybridized carbons (Fsp3) is 0.533. The topological polar surface area (TPSA) is 64.3 Å². The summed E-state index contributed by atoms with van der Waals surface area (Å²) >= 11 is 6.09. The van der Waals surface area contributed by atoms with Crippen LogP contribution in [-0.4, -0.2) is 18.1 Å². The van der Waals surface area contributed by atoms with E-state index in [1.54, 1.807) is 18.2 Å². The van der Waals surface area contributed by atoms with E-state index in [1.807, 2.05) is 6.92 Å². The van der Waals surface area contributed by atoms with Gasteiger partial charge >= 0.3 is 0 Å². The van der Waals surface area contributed by atoms with E-state index < -0.39 is 0 Å². The number of carbonyl (C=O) groups is 1. The molecule has 0 aliphatic heterocycles. The Kier molecular flexibility index (Phi) is 4.89. The Morgan fingerprint density at radius 3 is 2.75 bits per heavy atom. The first-order chi connectivity index (χ1) is 9.52. The number of rotatable bonds is 5. The van der Waals surface area contributed by atoms with E-state index >= 15 is 0 Å². The van der Waals surface area contributed by atoms with Gasteiger partial charge in [-0.2, -0.15) is 0 Å². The predicted molar refractivity (Wildman–Crippen MR) is 81.3 cm³/mol. The number of nitrogens with two attached hydrogens (primary N) is 1. The van der Waals surface area contributed by atoms with Crippen LogP contribution in [0, 0.1) is 0 Å². The van der Waals surface area contributed by atoms with Gasteiger partial charge in [0.2, 0.25) is 5.91 Å². The molecule has 1 aliphatic rings. The lowest BCUT2D eigenvalue weighted by atomic mass is 9.94. The number of halogens is 1.